The second-order valence-corrected chi connectivity index (χ2v) is 9.39. The highest BCUT2D eigenvalue weighted by Gasteiger charge is 2.78. The first-order chi connectivity index (χ1) is 17.8. The summed E-state index contributed by atoms with van der Waals surface area (Å²) in [5.41, 5.74) is -3.29. The van der Waals surface area contributed by atoms with Crippen LogP contribution in [-0.2, 0) is 25.6 Å². The third-order valence-corrected chi connectivity index (χ3v) is 7.79. The number of hydrogen-bond acceptors (Lipinski definition) is 8. The van der Waals surface area contributed by atoms with E-state index in [9.17, 15) is 24.6 Å². The molecule has 3 aliphatic rings. The Bertz CT molecular complexity index is 1440. The van der Waals surface area contributed by atoms with Gasteiger partial charge in [-0.25, -0.2) is 14.7 Å². The maximum absolute atomic E-state index is 13.7. The summed E-state index contributed by atoms with van der Waals surface area (Å²) in [4.78, 5) is 44.1. The Kier molecular flexibility index (Phi) is 5.03. The van der Waals surface area contributed by atoms with Crippen LogP contribution in [0.5, 0.6) is 5.75 Å². The number of amides is 1. The van der Waals surface area contributed by atoms with Crippen LogP contribution in [0.15, 0.2) is 72.8 Å². The van der Waals surface area contributed by atoms with Crippen LogP contribution in [0.25, 0.3) is 0 Å². The van der Waals surface area contributed by atoms with Crippen LogP contribution >= 0.6 is 0 Å². The Morgan fingerprint density at radius 1 is 0.973 bits per heavy atom. The number of fused-ring (bicyclic) bond motifs is 5. The van der Waals surface area contributed by atoms with E-state index in [-0.39, 0.29) is 22.4 Å². The van der Waals surface area contributed by atoms with Crippen molar-refractivity contribution in [3.63, 3.8) is 0 Å². The van der Waals surface area contributed by atoms with Crippen LogP contribution in [0.2, 0.25) is 0 Å². The number of rotatable bonds is 4. The standard InChI is InChI=1S/C28H23NO8/c1-29(35-2)24(31)20-21(15-9-5-3-6-10-15)28(16-11-7-4-8-12-16)27(34,23(20)30)22-18(37-28)14-13-17-19(22)26(33)36-25(17)32/h3-14,20-21,23,30,34H,1-2H3/t20-,21-,23-,27+,28+/m1/s1. The van der Waals surface area contributed by atoms with Gasteiger partial charge in [-0.15, -0.1) is 0 Å². The second-order valence-electron chi connectivity index (χ2n) is 9.39. The lowest BCUT2D eigenvalue weighted by Gasteiger charge is -2.41. The number of hydrogen-bond donors (Lipinski definition) is 2. The van der Waals surface area contributed by atoms with Gasteiger partial charge in [0.2, 0.25) is 0 Å². The SMILES string of the molecule is CON(C)C(=O)[C@H]1[C@@H](O)[C@@]2(O)c3c(ccc4c3C(=O)OC4=O)O[C@@]2(c2ccccc2)[C@@H]1c1ccccc1. The van der Waals surface area contributed by atoms with E-state index in [0.717, 1.165) is 5.06 Å². The van der Waals surface area contributed by atoms with Gasteiger partial charge in [-0.1, -0.05) is 60.7 Å². The molecule has 1 fully saturated rings. The van der Waals surface area contributed by atoms with Gasteiger partial charge in [-0.2, -0.15) is 0 Å². The molecule has 0 aromatic heterocycles. The van der Waals surface area contributed by atoms with Crippen molar-refractivity contribution in [2.75, 3.05) is 14.2 Å². The summed E-state index contributed by atoms with van der Waals surface area (Å²) in [7, 11) is 2.73. The van der Waals surface area contributed by atoms with Crippen molar-refractivity contribution in [2.24, 2.45) is 5.92 Å². The number of esters is 2. The quantitative estimate of drug-likeness (QED) is 0.317. The van der Waals surface area contributed by atoms with Gasteiger partial charge in [-0.05, 0) is 23.3 Å². The predicted molar refractivity (Wildman–Crippen MR) is 127 cm³/mol. The number of carbonyl (C=O) groups excluding carboxylic acids is 3. The molecule has 1 amide bonds. The molecule has 3 aromatic rings. The lowest BCUT2D eigenvalue weighted by Crippen LogP contribution is -2.52. The molecule has 5 atom stereocenters. The van der Waals surface area contributed by atoms with Crippen LogP contribution in [0, 0.1) is 5.92 Å². The molecular weight excluding hydrogens is 478 g/mol. The fourth-order valence-electron chi connectivity index (χ4n) is 6.24. The van der Waals surface area contributed by atoms with E-state index < -0.39 is 47.0 Å². The minimum Gasteiger partial charge on any atom is -0.478 e. The molecule has 6 rings (SSSR count). The highest BCUT2D eigenvalue weighted by atomic mass is 16.7. The Labute approximate surface area is 211 Å². The molecule has 0 radical (unpaired) electrons. The fraction of sp³-hybridized carbons (Fsp3) is 0.250. The molecule has 188 valence electrons. The summed E-state index contributed by atoms with van der Waals surface area (Å²) >= 11 is 0. The molecule has 2 heterocycles. The minimum atomic E-state index is -2.33. The molecule has 1 aliphatic carbocycles. The summed E-state index contributed by atoms with van der Waals surface area (Å²) < 4.78 is 11.5. The van der Waals surface area contributed by atoms with Crippen LogP contribution in [0.3, 0.4) is 0 Å². The summed E-state index contributed by atoms with van der Waals surface area (Å²) in [5.74, 6) is -4.49. The number of hydroxylamine groups is 2. The summed E-state index contributed by atoms with van der Waals surface area (Å²) in [6.07, 6.45) is -1.76. The van der Waals surface area contributed by atoms with Crippen LogP contribution in [-0.4, -0.2) is 53.4 Å². The first kappa shape index (κ1) is 23.4. The van der Waals surface area contributed by atoms with Gasteiger partial charge in [0.15, 0.2) is 11.2 Å². The van der Waals surface area contributed by atoms with Gasteiger partial charge >= 0.3 is 11.9 Å². The summed E-state index contributed by atoms with van der Waals surface area (Å²) in [6.45, 7) is 0. The Hall–Kier alpha value is -4.05. The lowest BCUT2D eigenvalue weighted by molar-refractivity contribution is -0.181. The van der Waals surface area contributed by atoms with Gasteiger partial charge in [0.05, 0.1) is 24.2 Å². The maximum Gasteiger partial charge on any atom is 0.347 e. The van der Waals surface area contributed by atoms with E-state index in [1.807, 2.05) is 6.07 Å². The molecule has 2 aliphatic heterocycles. The Morgan fingerprint density at radius 2 is 1.62 bits per heavy atom. The van der Waals surface area contributed by atoms with Crippen molar-refractivity contribution in [3.05, 3.63) is 101 Å². The molecule has 0 saturated heterocycles. The zero-order valence-electron chi connectivity index (χ0n) is 20.0. The average Bonchev–Trinajstić information content (AvgIpc) is 3.44. The van der Waals surface area contributed by atoms with E-state index in [2.05, 4.69) is 0 Å². The van der Waals surface area contributed by atoms with Crippen molar-refractivity contribution in [2.45, 2.75) is 23.2 Å². The van der Waals surface area contributed by atoms with Crippen LogP contribution in [0.4, 0.5) is 0 Å². The maximum atomic E-state index is 13.7. The lowest BCUT2D eigenvalue weighted by atomic mass is 9.70. The molecule has 3 aromatic carbocycles. The molecule has 2 N–H and O–H groups in total. The van der Waals surface area contributed by atoms with Gasteiger partial charge in [0, 0.05) is 18.5 Å². The molecule has 9 heteroatoms. The van der Waals surface area contributed by atoms with E-state index in [4.69, 9.17) is 14.3 Å². The smallest absolute Gasteiger partial charge is 0.347 e. The monoisotopic (exact) mass is 501 g/mol. The molecule has 9 nitrogen and oxygen atoms in total. The van der Waals surface area contributed by atoms with Gasteiger partial charge in [0.1, 0.15) is 11.9 Å². The molecular formula is C28H23NO8. The average molecular weight is 501 g/mol. The zero-order chi connectivity index (χ0) is 26.1. The number of carbonyl (C=O) groups is 3. The number of nitrogens with zero attached hydrogens (tertiary/aromatic N) is 1. The fourth-order valence-corrected chi connectivity index (χ4v) is 6.24. The summed E-state index contributed by atoms with van der Waals surface area (Å²) in [6, 6.07) is 20.6. The second kappa shape index (κ2) is 7.97. The Balaban J connectivity index is 1.72. The predicted octanol–water partition coefficient (Wildman–Crippen LogP) is 2.27. The first-order valence-electron chi connectivity index (χ1n) is 11.7. The van der Waals surface area contributed by atoms with Gasteiger partial charge in [-0.3, -0.25) is 9.63 Å². The number of cyclic esters (lactones) is 2. The zero-order valence-corrected chi connectivity index (χ0v) is 20.0. The Morgan fingerprint density at radius 3 is 2.27 bits per heavy atom. The molecule has 37 heavy (non-hydrogen) atoms. The largest absolute Gasteiger partial charge is 0.478 e. The van der Waals surface area contributed by atoms with E-state index in [0.29, 0.717) is 11.1 Å². The molecule has 0 bridgehead atoms. The molecule has 0 unspecified atom stereocenters. The first-order valence-corrected chi connectivity index (χ1v) is 11.7. The van der Waals surface area contributed by atoms with Crippen molar-refractivity contribution in [1.29, 1.82) is 0 Å². The number of benzene rings is 3. The third-order valence-electron chi connectivity index (χ3n) is 7.79. The highest BCUT2D eigenvalue weighted by molar-refractivity contribution is 6.16. The number of aliphatic hydroxyl groups is 2. The number of ether oxygens (including phenoxy) is 2. The van der Waals surface area contributed by atoms with E-state index in [1.54, 1.807) is 54.6 Å². The minimum absolute atomic E-state index is 0.0446. The van der Waals surface area contributed by atoms with E-state index in [1.165, 1.54) is 26.3 Å². The van der Waals surface area contributed by atoms with Crippen LogP contribution in [0.1, 0.15) is 43.3 Å². The normalized spacial score (nSPS) is 29.2. The van der Waals surface area contributed by atoms with Crippen molar-refractivity contribution in [1.82, 2.24) is 5.06 Å². The summed E-state index contributed by atoms with van der Waals surface area (Å²) in [5, 5.41) is 25.7. The van der Waals surface area contributed by atoms with Crippen molar-refractivity contribution >= 4 is 17.8 Å². The van der Waals surface area contributed by atoms with E-state index >= 15 is 0 Å². The van der Waals surface area contributed by atoms with Gasteiger partial charge < -0.3 is 19.7 Å². The van der Waals surface area contributed by atoms with Gasteiger partial charge in [0.25, 0.3) is 5.91 Å². The topological polar surface area (TPSA) is 123 Å². The van der Waals surface area contributed by atoms with Crippen molar-refractivity contribution < 1.29 is 38.9 Å². The molecule has 1 saturated carbocycles. The number of aliphatic hydroxyl groups excluding tert-OH is 1. The third kappa shape index (κ3) is 2.81. The highest BCUT2D eigenvalue weighted by Crippen LogP contribution is 2.69. The molecule has 0 spiro atoms. The van der Waals surface area contributed by atoms with Crippen molar-refractivity contribution in [3.8, 4) is 5.75 Å². The van der Waals surface area contributed by atoms with Crippen LogP contribution < -0.4 is 4.74 Å².